The smallest absolute Gasteiger partial charge is 0.305 e. The Morgan fingerprint density at radius 2 is 2.00 bits per heavy atom. The van der Waals surface area contributed by atoms with Crippen LogP contribution in [0, 0.1) is 17.8 Å². The summed E-state index contributed by atoms with van der Waals surface area (Å²) in [5.74, 6) is 1.21. The molecule has 1 saturated carbocycles. The van der Waals surface area contributed by atoms with Crippen LogP contribution in [0.25, 0.3) is 0 Å². The molecule has 1 aliphatic carbocycles. The number of halogens is 1. The highest BCUT2D eigenvalue weighted by atomic mass is 35.5. The fourth-order valence-electron chi connectivity index (χ4n) is 4.83. The van der Waals surface area contributed by atoms with Crippen molar-refractivity contribution in [3.05, 3.63) is 46.1 Å². The average Bonchev–Trinajstić information content (AvgIpc) is 3.41. The third-order valence-electron chi connectivity index (χ3n) is 6.68. The Labute approximate surface area is 178 Å². The van der Waals surface area contributed by atoms with E-state index in [1.807, 2.05) is 12.3 Å². The monoisotopic (exact) mass is 417 g/mol. The van der Waals surface area contributed by atoms with E-state index < -0.39 is 11.4 Å². The van der Waals surface area contributed by atoms with Gasteiger partial charge in [-0.05, 0) is 52.9 Å². The molecule has 29 heavy (non-hydrogen) atoms. The van der Waals surface area contributed by atoms with Gasteiger partial charge in [0.1, 0.15) is 0 Å². The van der Waals surface area contributed by atoms with Crippen molar-refractivity contribution in [2.75, 3.05) is 6.54 Å². The van der Waals surface area contributed by atoms with Gasteiger partial charge in [0.05, 0.1) is 6.42 Å². The topological polar surface area (TPSA) is 57.6 Å². The standard InChI is InChI=1S/C24H32ClNO3/c1-14(2)18-11-19(18)17-7-6-16(10-21(17)25)24(5)12-22(27)26(9-8-23(28)29)13-20(24)15(3)4/h6-7,10,13-15,18-19H,8-9,11-12H2,1-5H3,(H,28,29)/t18?,19?,24-/m0/s1. The van der Waals surface area contributed by atoms with Crippen LogP contribution in [-0.4, -0.2) is 28.4 Å². The third kappa shape index (κ3) is 4.37. The minimum Gasteiger partial charge on any atom is -0.481 e. The quantitative estimate of drug-likeness (QED) is 0.627. The van der Waals surface area contributed by atoms with Gasteiger partial charge in [0.15, 0.2) is 0 Å². The number of carbonyl (C=O) groups is 2. The normalized spacial score (nSPS) is 26.8. The lowest BCUT2D eigenvalue weighted by atomic mass is 9.68. The molecule has 2 unspecified atom stereocenters. The van der Waals surface area contributed by atoms with E-state index in [2.05, 4.69) is 46.8 Å². The molecule has 1 aromatic carbocycles. The number of carboxylic acids is 1. The molecule has 0 bridgehead atoms. The Bertz CT molecular complexity index is 845. The molecule has 1 amide bonds. The molecule has 0 saturated heterocycles. The fraction of sp³-hybridized carbons (Fsp3) is 0.583. The van der Waals surface area contributed by atoms with Crippen molar-refractivity contribution < 1.29 is 14.7 Å². The lowest BCUT2D eigenvalue weighted by molar-refractivity contribution is -0.138. The van der Waals surface area contributed by atoms with Crippen molar-refractivity contribution in [2.24, 2.45) is 17.8 Å². The van der Waals surface area contributed by atoms with Gasteiger partial charge in [-0.1, -0.05) is 58.4 Å². The van der Waals surface area contributed by atoms with Crippen LogP contribution >= 0.6 is 11.6 Å². The summed E-state index contributed by atoms with van der Waals surface area (Å²) in [5, 5.41) is 9.76. The molecule has 158 valence electrons. The van der Waals surface area contributed by atoms with E-state index in [1.165, 1.54) is 12.0 Å². The van der Waals surface area contributed by atoms with Crippen molar-refractivity contribution in [2.45, 2.75) is 65.2 Å². The van der Waals surface area contributed by atoms with E-state index in [-0.39, 0.29) is 24.8 Å². The predicted molar refractivity (Wildman–Crippen MR) is 116 cm³/mol. The molecule has 4 nitrogen and oxygen atoms in total. The van der Waals surface area contributed by atoms with Gasteiger partial charge < -0.3 is 10.0 Å². The molecule has 5 heteroatoms. The molecule has 1 fully saturated rings. The number of hydrogen-bond donors (Lipinski definition) is 1. The number of carbonyl (C=O) groups excluding carboxylic acids is 1. The molecule has 1 heterocycles. The summed E-state index contributed by atoms with van der Waals surface area (Å²) >= 11 is 6.71. The Balaban J connectivity index is 1.92. The van der Waals surface area contributed by atoms with Gasteiger partial charge in [0.2, 0.25) is 5.91 Å². The van der Waals surface area contributed by atoms with E-state index in [1.54, 1.807) is 4.90 Å². The summed E-state index contributed by atoms with van der Waals surface area (Å²) in [6.45, 7) is 11.1. The highest BCUT2D eigenvalue weighted by Gasteiger charge is 2.43. The highest BCUT2D eigenvalue weighted by molar-refractivity contribution is 6.31. The molecule has 1 N–H and O–H groups in total. The number of rotatable bonds is 7. The maximum atomic E-state index is 12.8. The number of benzene rings is 1. The summed E-state index contributed by atoms with van der Waals surface area (Å²) in [6.07, 6.45) is 3.34. The first-order valence-electron chi connectivity index (χ1n) is 10.6. The van der Waals surface area contributed by atoms with Crippen LogP contribution in [0.4, 0.5) is 0 Å². The van der Waals surface area contributed by atoms with Gasteiger partial charge in [0.25, 0.3) is 0 Å². The van der Waals surface area contributed by atoms with Gasteiger partial charge in [-0.3, -0.25) is 9.59 Å². The number of allylic oxidation sites excluding steroid dienone is 1. The Morgan fingerprint density at radius 3 is 2.52 bits per heavy atom. The van der Waals surface area contributed by atoms with Crippen LogP contribution in [0.1, 0.15) is 70.9 Å². The zero-order valence-corrected chi connectivity index (χ0v) is 18.8. The van der Waals surface area contributed by atoms with Crippen molar-refractivity contribution in [1.82, 2.24) is 4.90 Å². The Hall–Kier alpha value is -1.81. The van der Waals surface area contributed by atoms with E-state index in [0.29, 0.717) is 24.2 Å². The zero-order valence-electron chi connectivity index (χ0n) is 18.0. The van der Waals surface area contributed by atoms with Crippen LogP contribution in [0.3, 0.4) is 0 Å². The van der Waals surface area contributed by atoms with E-state index in [0.717, 1.165) is 16.2 Å². The zero-order chi connectivity index (χ0) is 21.5. The van der Waals surface area contributed by atoms with Crippen LogP contribution < -0.4 is 0 Å². The summed E-state index contributed by atoms with van der Waals surface area (Å²) < 4.78 is 0. The minimum atomic E-state index is -0.896. The molecule has 0 aromatic heterocycles. The summed E-state index contributed by atoms with van der Waals surface area (Å²) in [6, 6.07) is 6.32. The lowest BCUT2D eigenvalue weighted by Gasteiger charge is -2.41. The summed E-state index contributed by atoms with van der Waals surface area (Å²) in [5.41, 5.74) is 2.98. The van der Waals surface area contributed by atoms with Crippen LogP contribution in [0.5, 0.6) is 0 Å². The lowest BCUT2D eigenvalue weighted by Crippen LogP contribution is -2.42. The van der Waals surface area contributed by atoms with Crippen LogP contribution in [0.15, 0.2) is 30.0 Å². The number of carboxylic acid groups (broad SMARTS) is 1. The molecule has 2 aliphatic rings. The third-order valence-corrected chi connectivity index (χ3v) is 7.01. The second kappa shape index (κ2) is 8.14. The first kappa shape index (κ1) is 21.9. The second-order valence-corrected chi connectivity index (χ2v) is 9.87. The Morgan fingerprint density at radius 1 is 1.31 bits per heavy atom. The molecule has 1 aliphatic heterocycles. The summed E-state index contributed by atoms with van der Waals surface area (Å²) in [4.78, 5) is 25.3. The van der Waals surface area contributed by atoms with Crippen molar-refractivity contribution >= 4 is 23.5 Å². The van der Waals surface area contributed by atoms with Gasteiger partial charge in [-0.15, -0.1) is 0 Å². The molecule has 0 radical (unpaired) electrons. The van der Waals surface area contributed by atoms with Gasteiger partial charge in [-0.25, -0.2) is 0 Å². The fourth-order valence-corrected chi connectivity index (χ4v) is 5.15. The summed E-state index contributed by atoms with van der Waals surface area (Å²) in [7, 11) is 0. The van der Waals surface area contributed by atoms with E-state index >= 15 is 0 Å². The van der Waals surface area contributed by atoms with Gasteiger partial charge >= 0.3 is 5.97 Å². The molecular weight excluding hydrogens is 386 g/mol. The minimum absolute atomic E-state index is 0.0413. The van der Waals surface area contributed by atoms with Crippen molar-refractivity contribution in [3.8, 4) is 0 Å². The second-order valence-electron chi connectivity index (χ2n) is 9.47. The van der Waals surface area contributed by atoms with E-state index in [9.17, 15) is 9.59 Å². The van der Waals surface area contributed by atoms with Crippen LogP contribution in [-0.2, 0) is 15.0 Å². The first-order valence-corrected chi connectivity index (χ1v) is 11.0. The Kier molecular flexibility index (Phi) is 6.14. The molecule has 3 rings (SSSR count). The maximum Gasteiger partial charge on any atom is 0.305 e. The predicted octanol–water partition coefficient (Wildman–Crippen LogP) is 5.60. The number of hydrogen-bond acceptors (Lipinski definition) is 2. The largest absolute Gasteiger partial charge is 0.481 e. The van der Waals surface area contributed by atoms with Gasteiger partial charge in [0, 0.05) is 29.6 Å². The first-order chi connectivity index (χ1) is 13.5. The molecule has 3 atom stereocenters. The SMILES string of the molecule is CC(C)C1=CN(CCC(=O)O)C(=O)C[C@@]1(C)c1ccc(C2CC2C(C)C)c(Cl)c1. The number of aliphatic carboxylic acids is 1. The maximum absolute atomic E-state index is 12.8. The highest BCUT2D eigenvalue weighted by Crippen LogP contribution is 2.54. The van der Waals surface area contributed by atoms with Crippen molar-refractivity contribution in [3.63, 3.8) is 0 Å². The van der Waals surface area contributed by atoms with Gasteiger partial charge in [-0.2, -0.15) is 0 Å². The van der Waals surface area contributed by atoms with E-state index in [4.69, 9.17) is 16.7 Å². The molecule has 1 aromatic rings. The average molecular weight is 418 g/mol. The molecular formula is C24H32ClNO3. The number of amides is 1. The van der Waals surface area contributed by atoms with Crippen molar-refractivity contribution in [1.29, 1.82) is 0 Å². The van der Waals surface area contributed by atoms with Crippen LogP contribution in [0.2, 0.25) is 5.02 Å². The number of nitrogens with zero attached hydrogens (tertiary/aromatic N) is 1. The molecule has 0 spiro atoms.